The minimum absolute atomic E-state index is 0.0171. The van der Waals surface area contributed by atoms with Crippen LogP contribution in [0.25, 0.3) is 10.9 Å². The van der Waals surface area contributed by atoms with Gasteiger partial charge in [0.1, 0.15) is 23.6 Å². The molecule has 3 aliphatic rings. The maximum atomic E-state index is 14.9. The van der Waals surface area contributed by atoms with E-state index in [4.69, 9.17) is 9.47 Å². The molecule has 1 spiro atoms. The highest BCUT2D eigenvalue weighted by molar-refractivity contribution is 7.90. The number of fused-ring (bicyclic) bond motifs is 1. The summed E-state index contributed by atoms with van der Waals surface area (Å²) in [7, 11) is -4.19. The van der Waals surface area contributed by atoms with E-state index in [9.17, 15) is 27.3 Å². The first kappa shape index (κ1) is 27.5. The normalized spacial score (nSPS) is 22.7. The first-order valence-corrected chi connectivity index (χ1v) is 14.8. The van der Waals surface area contributed by atoms with Crippen LogP contribution in [0, 0.1) is 17.1 Å². The van der Waals surface area contributed by atoms with Crippen LogP contribution in [0.4, 0.5) is 14.5 Å². The van der Waals surface area contributed by atoms with E-state index >= 15 is 0 Å². The lowest BCUT2D eigenvalue weighted by Gasteiger charge is -2.32. The maximum absolute atomic E-state index is 14.9. The molecule has 2 N–H and O–H groups in total. The number of ether oxygens (including phenoxy) is 2. The van der Waals surface area contributed by atoms with Crippen molar-refractivity contribution >= 4 is 26.8 Å². The minimum Gasteiger partial charge on any atom is -0.453 e. The molecule has 3 saturated heterocycles. The van der Waals surface area contributed by atoms with Gasteiger partial charge in [0, 0.05) is 13.1 Å². The molecule has 0 radical (unpaired) electrons. The molecule has 3 aliphatic heterocycles. The number of hydrogen-bond acceptors (Lipinski definition) is 8. The highest BCUT2D eigenvalue weighted by atomic mass is 32.2. The molecule has 41 heavy (non-hydrogen) atoms. The quantitative estimate of drug-likeness (QED) is 0.450. The number of alkyl halides is 1. The second-order valence-electron chi connectivity index (χ2n) is 10.6. The first-order chi connectivity index (χ1) is 19.7. The van der Waals surface area contributed by atoms with Gasteiger partial charge in [0.25, 0.3) is 5.56 Å². The molecule has 216 valence electrons. The van der Waals surface area contributed by atoms with E-state index < -0.39 is 33.5 Å². The summed E-state index contributed by atoms with van der Waals surface area (Å²) in [6.07, 6.45) is 2.72. The molecule has 3 aromatic rings. The predicted octanol–water partition coefficient (Wildman–Crippen LogP) is 2.98. The van der Waals surface area contributed by atoms with Crippen molar-refractivity contribution < 1.29 is 26.7 Å². The predicted molar refractivity (Wildman–Crippen MR) is 145 cm³/mol. The molecule has 3 fully saturated rings. The minimum atomic E-state index is -4.19. The van der Waals surface area contributed by atoms with Gasteiger partial charge in [-0.05, 0) is 69.1 Å². The summed E-state index contributed by atoms with van der Waals surface area (Å²) < 4.78 is 70.6. The average Bonchev–Trinajstić information content (AvgIpc) is 3.58. The van der Waals surface area contributed by atoms with E-state index in [1.807, 2.05) is 0 Å². The molecule has 0 saturated carbocycles. The zero-order chi connectivity index (χ0) is 28.8. The smallest absolute Gasteiger partial charge is 0.301 e. The Morgan fingerprint density at radius 3 is 2.78 bits per heavy atom. The summed E-state index contributed by atoms with van der Waals surface area (Å²) in [5.74, 6) is -1.37. The summed E-state index contributed by atoms with van der Waals surface area (Å²) in [6.45, 7) is 1.79. The summed E-state index contributed by atoms with van der Waals surface area (Å²) in [5, 5.41) is 13.4. The van der Waals surface area contributed by atoms with Gasteiger partial charge >= 0.3 is 10.2 Å². The molecule has 4 heterocycles. The third kappa shape index (κ3) is 5.26. The Labute approximate surface area is 234 Å². The molecule has 14 heteroatoms. The summed E-state index contributed by atoms with van der Waals surface area (Å²) in [5.41, 5.74) is -0.768. The van der Waals surface area contributed by atoms with Gasteiger partial charge in [0.05, 0.1) is 41.2 Å². The van der Waals surface area contributed by atoms with Crippen molar-refractivity contribution in [2.24, 2.45) is 0 Å². The van der Waals surface area contributed by atoms with E-state index in [1.165, 1.54) is 18.5 Å². The lowest BCUT2D eigenvalue weighted by Crippen LogP contribution is -2.41. The van der Waals surface area contributed by atoms with Gasteiger partial charge in [-0.2, -0.15) is 18.0 Å². The van der Waals surface area contributed by atoms with Crippen LogP contribution in [-0.4, -0.2) is 66.8 Å². The van der Waals surface area contributed by atoms with Crippen molar-refractivity contribution in [3.8, 4) is 17.6 Å². The maximum Gasteiger partial charge on any atom is 0.301 e. The lowest BCUT2D eigenvalue weighted by molar-refractivity contribution is -0.0196. The zero-order valence-corrected chi connectivity index (χ0v) is 22.8. The number of hydrogen-bond donors (Lipinski definition) is 2. The van der Waals surface area contributed by atoms with Crippen molar-refractivity contribution in [3.05, 3.63) is 58.4 Å². The van der Waals surface area contributed by atoms with Crippen molar-refractivity contribution in [1.29, 1.82) is 5.26 Å². The molecule has 2 atom stereocenters. The third-order valence-electron chi connectivity index (χ3n) is 7.97. The molecule has 1 aromatic heterocycles. The lowest BCUT2D eigenvalue weighted by atomic mass is 9.88. The Bertz CT molecular complexity index is 1700. The summed E-state index contributed by atoms with van der Waals surface area (Å²) >= 11 is 0. The van der Waals surface area contributed by atoms with Crippen LogP contribution >= 0.6 is 0 Å². The van der Waals surface area contributed by atoms with Crippen molar-refractivity contribution in [3.63, 3.8) is 0 Å². The number of nitrogens with zero attached hydrogens (tertiary/aromatic N) is 4. The SMILES string of the molecule is N#Cc1c(NS(=O)(=O)N2CCC(F)C2)ccc(F)c1Oc1ccc2ncn([C@H]3COC4(CCNCC4)C3)c(=O)c2c1. The van der Waals surface area contributed by atoms with Crippen LogP contribution < -0.4 is 20.3 Å². The fraction of sp³-hybridized carbons (Fsp3) is 0.444. The van der Waals surface area contributed by atoms with Gasteiger partial charge in [-0.3, -0.25) is 14.1 Å². The second-order valence-corrected chi connectivity index (χ2v) is 12.3. The average molecular weight is 587 g/mol. The number of aromatic nitrogens is 2. The number of benzene rings is 2. The highest BCUT2D eigenvalue weighted by Gasteiger charge is 2.42. The Hall–Kier alpha value is -3.64. The third-order valence-corrected chi connectivity index (χ3v) is 9.45. The largest absolute Gasteiger partial charge is 0.453 e. The number of halogens is 2. The van der Waals surface area contributed by atoms with Crippen molar-refractivity contribution in [2.45, 2.75) is 43.5 Å². The summed E-state index contributed by atoms with van der Waals surface area (Å²) in [4.78, 5) is 17.9. The van der Waals surface area contributed by atoms with Gasteiger partial charge in [0.15, 0.2) is 11.6 Å². The number of nitriles is 1. The Morgan fingerprint density at radius 2 is 2.05 bits per heavy atom. The molecule has 0 bridgehead atoms. The van der Waals surface area contributed by atoms with Crippen LogP contribution in [0.2, 0.25) is 0 Å². The van der Waals surface area contributed by atoms with Crippen molar-refractivity contribution in [2.75, 3.05) is 37.5 Å². The van der Waals surface area contributed by atoms with Gasteiger partial charge in [-0.1, -0.05) is 0 Å². The number of anilines is 1. The molecule has 1 unspecified atom stereocenters. The molecular formula is C27H28F2N6O5S. The molecule has 11 nitrogen and oxygen atoms in total. The van der Waals surface area contributed by atoms with Gasteiger partial charge < -0.3 is 14.8 Å². The van der Waals surface area contributed by atoms with Crippen LogP contribution in [0.5, 0.6) is 11.5 Å². The topological polar surface area (TPSA) is 139 Å². The second kappa shape index (κ2) is 10.6. The Morgan fingerprint density at radius 1 is 1.24 bits per heavy atom. The van der Waals surface area contributed by atoms with E-state index in [0.29, 0.717) is 18.5 Å². The van der Waals surface area contributed by atoms with Crippen LogP contribution in [0.1, 0.15) is 37.3 Å². The van der Waals surface area contributed by atoms with Crippen LogP contribution in [-0.2, 0) is 14.9 Å². The Balaban J connectivity index is 1.29. The van der Waals surface area contributed by atoms with Crippen LogP contribution in [0.15, 0.2) is 41.5 Å². The van der Waals surface area contributed by atoms with Gasteiger partial charge in [-0.25, -0.2) is 13.8 Å². The standard InChI is InChI=1S/C27H28F2N6O5S/c28-17-5-10-34(14-17)41(37,38)33-24-4-2-22(29)25(21(24)13-30)40-19-1-3-23-20(11-19)26(36)35(16-32-23)18-12-27(39-15-18)6-8-31-9-7-27/h1-4,11,16-18,31,33H,5-10,12,14-15H2/t17?,18-/m1/s1. The number of rotatable bonds is 6. The Kier molecular flexibility index (Phi) is 7.14. The molecule has 0 amide bonds. The highest BCUT2D eigenvalue weighted by Crippen LogP contribution is 2.39. The van der Waals surface area contributed by atoms with Crippen LogP contribution in [0.3, 0.4) is 0 Å². The molecule has 0 aliphatic carbocycles. The van der Waals surface area contributed by atoms with Gasteiger partial charge in [-0.15, -0.1) is 0 Å². The van der Waals surface area contributed by atoms with E-state index in [2.05, 4.69) is 15.0 Å². The van der Waals surface area contributed by atoms with E-state index in [-0.39, 0.29) is 53.5 Å². The fourth-order valence-electron chi connectivity index (χ4n) is 5.75. The molecule has 6 rings (SSSR count). The fourth-order valence-corrected chi connectivity index (χ4v) is 7.03. The van der Waals surface area contributed by atoms with E-state index in [1.54, 1.807) is 16.7 Å². The monoisotopic (exact) mass is 586 g/mol. The summed E-state index contributed by atoms with van der Waals surface area (Å²) in [6, 6.07) is 8.11. The number of piperidine rings is 1. The molecule has 2 aromatic carbocycles. The van der Waals surface area contributed by atoms with Gasteiger partial charge in [0.2, 0.25) is 0 Å². The molecular weight excluding hydrogens is 558 g/mol. The van der Waals surface area contributed by atoms with E-state index in [0.717, 1.165) is 42.4 Å². The zero-order valence-electron chi connectivity index (χ0n) is 22.0. The number of nitrogens with one attached hydrogen (secondary N) is 2. The van der Waals surface area contributed by atoms with Crippen molar-refractivity contribution in [1.82, 2.24) is 19.2 Å². The first-order valence-electron chi connectivity index (χ1n) is 13.4.